The number of alkyl halides is 1. The summed E-state index contributed by atoms with van der Waals surface area (Å²) in [5, 5.41) is -1.03. The van der Waals surface area contributed by atoms with Gasteiger partial charge in [-0.2, -0.15) is 0 Å². The molecule has 0 fully saturated rings. The Labute approximate surface area is 108 Å². The molecule has 2 atom stereocenters. The molecule has 3 nitrogen and oxygen atoms in total. The van der Waals surface area contributed by atoms with E-state index in [-0.39, 0.29) is 0 Å². The molecular weight excluding hydrogens is 260 g/mol. The Hall–Kier alpha value is -0.740. The zero-order valence-electron chi connectivity index (χ0n) is 10.2. The Morgan fingerprint density at radius 2 is 1.94 bits per heavy atom. The summed E-state index contributed by atoms with van der Waals surface area (Å²) in [6.45, 7) is 1.63. The Morgan fingerprint density at radius 1 is 1.35 bits per heavy atom. The van der Waals surface area contributed by atoms with Crippen molar-refractivity contribution < 1.29 is 13.2 Å². The first kappa shape index (κ1) is 14.3. The lowest BCUT2D eigenvalue weighted by Crippen LogP contribution is -2.28. The van der Waals surface area contributed by atoms with E-state index in [4.69, 9.17) is 16.3 Å². The molecule has 1 aromatic rings. The van der Waals surface area contributed by atoms with Gasteiger partial charge in [0, 0.05) is 6.26 Å². The molecular formula is C12H17ClO3S. The van der Waals surface area contributed by atoms with E-state index >= 15 is 0 Å². The van der Waals surface area contributed by atoms with Crippen molar-refractivity contribution in [1.29, 1.82) is 0 Å². The number of para-hydroxylation sites is 1. The highest BCUT2D eigenvalue weighted by molar-refractivity contribution is 7.91. The monoisotopic (exact) mass is 276 g/mol. The van der Waals surface area contributed by atoms with Gasteiger partial charge in [0.15, 0.2) is 9.84 Å². The van der Waals surface area contributed by atoms with E-state index in [2.05, 4.69) is 0 Å². The SMILES string of the molecule is COc1ccccc1CC(Cl)C(C)S(C)(=O)=O. The minimum atomic E-state index is -3.11. The van der Waals surface area contributed by atoms with Gasteiger partial charge in [-0.25, -0.2) is 8.42 Å². The topological polar surface area (TPSA) is 43.4 Å². The molecule has 5 heteroatoms. The summed E-state index contributed by atoms with van der Waals surface area (Å²) in [7, 11) is -1.53. The number of hydrogen-bond acceptors (Lipinski definition) is 3. The second-order valence-electron chi connectivity index (χ2n) is 4.07. The lowest BCUT2D eigenvalue weighted by Gasteiger charge is -2.17. The van der Waals surface area contributed by atoms with Gasteiger partial charge in [0.25, 0.3) is 0 Å². The first-order valence-electron chi connectivity index (χ1n) is 5.31. The fourth-order valence-electron chi connectivity index (χ4n) is 1.52. The lowest BCUT2D eigenvalue weighted by molar-refractivity contribution is 0.409. The predicted molar refractivity (Wildman–Crippen MR) is 70.6 cm³/mol. The number of ether oxygens (including phenoxy) is 1. The molecule has 0 aliphatic carbocycles. The summed E-state index contributed by atoms with van der Waals surface area (Å²) in [5.41, 5.74) is 0.922. The van der Waals surface area contributed by atoms with Gasteiger partial charge < -0.3 is 4.74 Å². The molecule has 1 rings (SSSR count). The van der Waals surface area contributed by atoms with Crippen molar-refractivity contribution in [1.82, 2.24) is 0 Å². The highest BCUT2D eigenvalue weighted by atomic mass is 35.5. The van der Waals surface area contributed by atoms with Gasteiger partial charge in [0.05, 0.1) is 17.7 Å². The number of benzene rings is 1. The van der Waals surface area contributed by atoms with E-state index < -0.39 is 20.5 Å². The minimum Gasteiger partial charge on any atom is -0.496 e. The number of methoxy groups -OCH3 is 1. The summed E-state index contributed by atoms with van der Waals surface area (Å²) < 4.78 is 28.0. The van der Waals surface area contributed by atoms with Crippen LogP contribution < -0.4 is 4.74 Å². The second kappa shape index (κ2) is 5.74. The van der Waals surface area contributed by atoms with E-state index in [1.165, 1.54) is 6.26 Å². The number of hydrogen-bond donors (Lipinski definition) is 0. The summed E-state index contributed by atoms with van der Waals surface area (Å²) in [6, 6.07) is 7.48. The standard InChI is InChI=1S/C12H17ClO3S/c1-9(17(3,14)15)11(13)8-10-6-4-5-7-12(10)16-2/h4-7,9,11H,8H2,1-3H3. The van der Waals surface area contributed by atoms with Crippen molar-refractivity contribution in [3.8, 4) is 5.75 Å². The Morgan fingerprint density at radius 3 is 2.47 bits per heavy atom. The molecule has 0 bridgehead atoms. The van der Waals surface area contributed by atoms with Gasteiger partial charge in [0.1, 0.15) is 5.75 Å². The van der Waals surface area contributed by atoms with E-state index in [9.17, 15) is 8.42 Å². The molecule has 1 aromatic carbocycles. The van der Waals surface area contributed by atoms with Crippen molar-refractivity contribution in [2.75, 3.05) is 13.4 Å². The van der Waals surface area contributed by atoms with Crippen molar-refractivity contribution in [2.45, 2.75) is 24.0 Å². The maximum Gasteiger partial charge on any atom is 0.151 e. The van der Waals surface area contributed by atoms with Crippen LogP contribution in [0.25, 0.3) is 0 Å². The third kappa shape index (κ3) is 3.89. The molecule has 0 spiro atoms. The van der Waals surface area contributed by atoms with E-state index in [0.717, 1.165) is 11.3 Å². The summed E-state index contributed by atoms with van der Waals surface area (Å²) >= 11 is 6.14. The first-order valence-corrected chi connectivity index (χ1v) is 7.70. The van der Waals surface area contributed by atoms with Crippen molar-refractivity contribution >= 4 is 21.4 Å². The molecule has 0 radical (unpaired) electrons. The zero-order valence-corrected chi connectivity index (χ0v) is 11.8. The van der Waals surface area contributed by atoms with Crippen LogP contribution in [0, 0.1) is 0 Å². The number of halogens is 1. The smallest absolute Gasteiger partial charge is 0.151 e. The van der Waals surface area contributed by atoms with Crippen molar-refractivity contribution in [3.05, 3.63) is 29.8 Å². The van der Waals surface area contributed by atoms with Crippen molar-refractivity contribution in [3.63, 3.8) is 0 Å². The van der Waals surface area contributed by atoms with Crippen LogP contribution in [-0.2, 0) is 16.3 Å². The fourth-order valence-corrected chi connectivity index (χ4v) is 2.88. The van der Waals surface area contributed by atoms with E-state index in [0.29, 0.717) is 6.42 Å². The molecule has 0 N–H and O–H groups in total. The minimum absolute atomic E-state index is 0.457. The Kier molecular flexibility index (Phi) is 4.83. The normalized spacial score (nSPS) is 15.3. The maximum absolute atomic E-state index is 11.4. The van der Waals surface area contributed by atoms with Gasteiger partial charge in [0.2, 0.25) is 0 Å². The molecule has 0 amide bonds. The Balaban J connectivity index is 2.84. The van der Waals surface area contributed by atoms with Crippen LogP contribution in [0.4, 0.5) is 0 Å². The van der Waals surface area contributed by atoms with E-state index in [1.54, 1.807) is 14.0 Å². The zero-order chi connectivity index (χ0) is 13.1. The van der Waals surface area contributed by atoms with Crippen LogP contribution in [0.3, 0.4) is 0 Å². The van der Waals surface area contributed by atoms with Crippen LogP contribution in [0.2, 0.25) is 0 Å². The first-order chi connectivity index (χ1) is 7.86. The third-order valence-corrected chi connectivity index (χ3v) is 5.15. The van der Waals surface area contributed by atoms with Gasteiger partial charge in [-0.15, -0.1) is 11.6 Å². The molecule has 96 valence electrons. The van der Waals surface area contributed by atoms with E-state index in [1.807, 2.05) is 24.3 Å². The molecule has 0 heterocycles. The molecule has 17 heavy (non-hydrogen) atoms. The summed E-state index contributed by atoms with van der Waals surface area (Å²) in [4.78, 5) is 0. The maximum atomic E-state index is 11.4. The van der Waals surface area contributed by atoms with Crippen LogP contribution >= 0.6 is 11.6 Å². The molecule has 2 unspecified atom stereocenters. The lowest BCUT2D eigenvalue weighted by atomic mass is 10.1. The van der Waals surface area contributed by atoms with Gasteiger partial charge >= 0.3 is 0 Å². The third-order valence-electron chi connectivity index (χ3n) is 2.79. The van der Waals surface area contributed by atoms with Crippen LogP contribution in [-0.4, -0.2) is 32.4 Å². The average molecular weight is 277 g/mol. The molecule has 0 aromatic heterocycles. The summed E-state index contributed by atoms with van der Waals surface area (Å²) in [6.07, 6.45) is 1.68. The van der Waals surface area contributed by atoms with Crippen LogP contribution in [0.5, 0.6) is 5.75 Å². The molecule has 0 saturated heterocycles. The average Bonchev–Trinajstić information content (AvgIpc) is 2.27. The highest BCUT2D eigenvalue weighted by Crippen LogP contribution is 2.23. The van der Waals surface area contributed by atoms with Crippen LogP contribution in [0.1, 0.15) is 12.5 Å². The Bertz CT molecular complexity index is 470. The van der Waals surface area contributed by atoms with Crippen molar-refractivity contribution in [2.24, 2.45) is 0 Å². The molecule has 0 aliphatic heterocycles. The van der Waals surface area contributed by atoms with Gasteiger partial charge in [-0.3, -0.25) is 0 Å². The quantitative estimate of drug-likeness (QED) is 0.775. The highest BCUT2D eigenvalue weighted by Gasteiger charge is 2.25. The predicted octanol–water partition coefficient (Wildman–Crippen LogP) is 2.28. The summed E-state index contributed by atoms with van der Waals surface area (Å²) in [5.74, 6) is 0.735. The van der Waals surface area contributed by atoms with Gasteiger partial charge in [-0.1, -0.05) is 18.2 Å². The fraction of sp³-hybridized carbons (Fsp3) is 0.500. The van der Waals surface area contributed by atoms with Crippen LogP contribution in [0.15, 0.2) is 24.3 Å². The number of sulfone groups is 1. The second-order valence-corrected chi connectivity index (χ2v) is 7.03. The molecule has 0 saturated carbocycles. The number of rotatable bonds is 5. The van der Waals surface area contributed by atoms with Gasteiger partial charge in [-0.05, 0) is 25.0 Å². The largest absolute Gasteiger partial charge is 0.496 e. The molecule has 0 aliphatic rings.